The molecule has 0 spiro atoms. The molecule has 114 valence electrons. The largest absolute Gasteiger partial charge is 0.481 e. The Hall–Kier alpha value is -1.79. The number of Topliss-reactive ketones (excluding diaryl/α,β-unsaturated/α-hetero) is 1. The van der Waals surface area contributed by atoms with E-state index in [0.717, 1.165) is 26.2 Å². The van der Waals surface area contributed by atoms with Gasteiger partial charge in [-0.2, -0.15) is 0 Å². The summed E-state index contributed by atoms with van der Waals surface area (Å²) in [6.45, 7) is 3.69. The summed E-state index contributed by atoms with van der Waals surface area (Å²) in [6, 6.07) is 5.25. The van der Waals surface area contributed by atoms with Crippen LogP contribution in [0.4, 0.5) is 4.39 Å². The summed E-state index contributed by atoms with van der Waals surface area (Å²) in [5.74, 6) is -2.25. The number of nitrogens with zero attached hydrogens (tertiary/aromatic N) is 1. The lowest BCUT2D eigenvalue weighted by Gasteiger charge is -2.30. The van der Waals surface area contributed by atoms with Crippen molar-refractivity contribution in [2.75, 3.05) is 32.7 Å². The summed E-state index contributed by atoms with van der Waals surface area (Å²) in [5, 5.41) is 12.2. The monoisotopic (exact) mass is 294 g/mol. The van der Waals surface area contributed by atoms with Gasteiger partial charge in [0.05, 0.1) is 6.42 Å². The molecule has 0 aliphatic carbocycles. The molecule has 21 heavy (non-hydrogen) atoms. The molecule has 1 aromatic carbocycles. The molecule has 1 aliphatic rings. The predicted octanol–water partition coefficient (Wildman–Crippen LogP) is 1.00. The van der Waals surface area contributed by atoms with Crippen molar-refractivity contribution in [2.24, 2.45) is 5.92 Å². The van der Waals surface area contributed by atoms with Crippen molar-refractivity contribution in [1.29, 1.82) is 0 Å². The zero-order valence-corrected chi connectivity index (χ0v) is 11.7. The highest BCUT2D eigenvalue weighted by Gasteiger charge is 2.26. The van der Waals surface area contributed by atoms with Crippen molar-refractivity contribution in [2.45, 2.75) is 6.42 Å². The van der Waals surface area contributed by atoms with Crippen LogP contribution >= 0.6 is 0 Å². The van der Waals surface area contributed by atoms with Crippen molar-refractivity contribution >= 4 is 11.8 Å². The van der Waals surface area contributed by atoms with Crippen molar-refractivity contribution in [3.8, 4) is 0 Å². The van der Waals surface area contributed by atoms with Gasteiger partial charge in [-0.1, -0.05) is 0 Å². The minimum Gasteiger partial charge on any atom is -0.481 e. The number of piperazine rings is 1. The Balaban J connectivity index is 2.08. The fourth-order valence-corrected chi connectivity index (χ4v) is 2.51. The quantitative estimate of drug-likeness (QED) is 0.766. The van der Waals surface area contributed by atoms with Gasteiger partial charge < -0.3 is 15.3 Å². The Morgan fingerprint density at radius 2 is 1.86 bits per heavy atom. The van der Waals surface area contributed by atoms with E-state index < -0.39 is 17.7 Å². The minimum absolute atomic E-state index is 0.208. The maximum absolute atomic E-state index is 12.9. The highest BCUT2D eigenvalue weighted by atomic mass is 19.1. The van der Waals surface area contributed by atoms with E-state index in [1.165, 1.54) is 24.3 Å². The van der Waals surface area contributed by atoms with Crippen molar-refractivity contribution in [3.63, 3.8) is 0 Å². The van der Waals surface area contributed by atoms with Crippen LogP contribution in [0.15, 0.2) is 24.3 Å². The molecule has 5 nitrogen and oxygen atoms in total. The Morgan fingerprint density at radius 3 is 2.43 bits per heavy atom. The van der Waals surface area contributed by atoms with Gasteiger partial charge in [0, 0.05) is 44.2 Å². The van der Waals surface area contributed by atoms with Gasteiger partial charge in [-0.25, -0.2) is 4.39 Å². The van der Waals surface area contributed by atoms with Crippen LogP contribution in [0.3, 0.4) is 0 Å². The van der Waals surface area contributed by atoms with E-state index in [1.807, 2.05) is 0 Å². The normalized spacial score (nSPS) is 17.4. The summed E-state index contributed by atoms with van der Waals surface area (Å²) in [7, 11) is 0. The molecule has 6 heteroatoms. The van der Waals surface area contributed by atoms with E-state index in [1.54, 1.807) is 0 Å². The molecule has 1 unspecified atom stereocenters. The third-order valence-electron chi connectivity index (χ3n) is 3.61. The Kier molecular flexibility index (Phi) is 5.41. The number of nitrogens with one attached hydrogen (secondary N) is 1. The van der Waals surface area contributed by atoms with Crippen LogP contribution in [-0.4, -0.2) is 54.5 Å². The zero-order chi connectivity index (χ0) is 15.2. The number of hydrogen-bond donors (Lipinski definition) is 2. The van der Waals surface area contributed by atoms with Gasteiger partial charge in [0.15, 0.2) is 5.78 Å². The average Bonchev–Trinajstić information content (AvgIpc) is 2.47. The molecule has 0 aromatic heterocycles. The summed E-state index contributed by atoms with van der Waals surface area (Å²) in [5.41, 5.74) is 0.359. The van der Waals surface area contributed by atoms with E-state index in [2.05, 4.69) is 10.2 Å². The maximum atomic E-state index is 12.9. The molecule has 1 heterocycles. The van der Waals surface area contributed by atoms with E-state index in [0.29, 0.717) is 12.1 Å². The summed E-state index contributed by atoms with van der Waals surface area (Å²) < 4.78 is 12.9. The zero-order valence-electron chi connectivity index (χ0n) is 11.7. The fourth-order valence-electron chi connectivity index (χ4n) is 2.51. The number of ketones is 1. The van der Waals surface area contributed by atoms with E-state index in [4.69, 9.17) is 5.11 Å². The first-order chi connectivity index (χ1) is 10.1. The molecule has 2 N–H and O–H groups in total. The molecule has 1 aromatic rings. The van der Waals surface area contributed by atoms with Crippen LogP contribution in [-0.2, 0) is 4.79 Å². The minimum atomic E-state index is -0.995. The molecule has 1 saturated heterocycles. The summed E-state index contributed by atoms with van der Waals surface area (Å²) in [4.78, 5) is 25.5. The molecule has 0 saturated carbocycles. The van der Waals surface area contributed by atoms with Crippen LogP contribution in [0.5, 0.6) is 0 Å². The SMILES string of the molecule is O=C(O)CC(CN1CCNCC1)C(=O)c1ccc(F)cc1. The van der Waals surface area contributed by atoms with Gasteiger partial charge in [0.2, 0.25) is 0 Å². The molecule has 0 bridgehead atoms. The van der Waals surface area contributed by atoms with Gasteiger partial charge in [0.25, 0.3) is 0 Å². The first-order valence-electron chi connectivity index (χ1n) is 7.01. The number of aliphatic carboxylic acids is 1. The second kappa shape index (κ2) is 7.28. The van der Waals surface area contributed by atoms with Crippen LogP contribution < -0.4 is 5.32 Å². The Bertz CT molecular complexity index is 498. The smallest absolute Gasteiger partial charge is 0.304 e. The van der Waals surface area contributed by atoms with Crippen LogP contribution in [0, 0.1) is 11.7 Å². The topological polar surface area (TPSA) is 69.6 Å². The Morgan fingerprint density at radius 1 is 1.24 bits per heavy atom. The molecule has 2 rings (SSSR count). The molecule has 0 amide bonds. The highest BCUT2D eigenvalue weighted by molar-refractivity contribution is 5.99. The molecule has 1 atom stereocenters. The highest BCUT2D eigenvalue weighted by Crippen LogP contribution is 2.16. The van der Waals surface area contributed by atoms with Crippen LogP contribution in [0.25, 0.3) is 0 Å². The standard InChI is InChI=1S/C15H19FN2O3/c16-13-3-1-11(2-4-13)15(21)12(9-14(19)20)10-18-7-5-17-6-8-18/h1-4,12,17H,5-10H2,(H,19,20). The molecule has 0 radical (unpaired) electrons. The lowest BCUT2D eigenvalue weighted by molar-refractivity contribution is -0.137. The summed E-state index contributed by atoms with van der Waals surface area (Å²) in [6.07, 6.45) is -0.208. The lowest BCUT2D eigenvalue weighted by atomic mass is 9.93. The number of hydrogen-bond acceptors (Lipinski definition) is 4. The van der Waals surface area contributed by atoms with E-state index >= 15 is 0 Å². The van der Waals surface area contributed by atoms with Crippen LogP contribution in [0.2, 0.25) is 0 Å². The molecular weight excluding hydrogens is 275 g/mol. The van der Waals surface area contributed by atoms with E-state index in [-0.39, 0.29) is 12.2 Å². The number of rotatable bonds is 6. The maximum Gasteiger partial charge on any atom is 0.304 e. The molecule has 1 aliphatic heterocycles. The van der Waals surface area contributed by atoms with Gasteiger partial charge in [-0.15, -0.1) is 0 Å². The fraction of sp³-hybridized carbons (Fsp3) is 0.467. The van der Waals surface area contributed by atoms with Crippen molar-refractivity contribution in [3.05, 3.63) is 35.6 Å². The van der Waals surface area contributed by atoms with Crippen molar-refractivity contribution in [1.82, 2.24) is 10.2 Å². The third kappa shape index (κ3) is 4.61. The van der Waals surface area contributed by atoms with Gasteiger partial charge in [-0.3, -0.25) is 9.59 Å². The number of carboxylic acid groups (broad SMARTS) is 1. The second-order valence-electron chi connectivity index (χ2n) is 5.22. The average molecular weight is 294 g/mol. The number of carbonyl (C=O) groups excluding carboxylic acids is 1. The number of benzene rings is 1. The van der Waals surface area contributed by atoms with Crippen molar-refractivity contribution < 1.29 is 19.1 Å². The second-order valence-corrected chi connectivity index (χ2v) is 5.22. The number of halogens is 1. The van der Waals surface area contributed by atoms with Gasteiger partial charge >= 0.3 is 5.97 Å². The first kappa shape index (κ1) is 15.6. The van der Waals surface area contributed by atoms with E-state index in [9.17, 15) is 14.0 Å². The lowest BCUT2D eigenvalue weighted by Crippen LogP contribution is -2.46. The predicted molar refractivity (Wildman–Crippen MR) is 75.8 cm³/mol. The first-order valence-corrected chi connectivity index (χ1v) is 7.01. The third-order valence-corrected chi connectivity index (χ3v) is 3.61. The summed E-state index contributed by atoms with van der Waals surface area (Å²) >= 11 is 0. The molecule has 1 fully saturated rings. The van der Waals surface area contributed by atoms with Gasteiger partial charge in [-0.05, 0) is 24.3 Å². The Labute approximate surface area is 122 Å². The van der Waals surface area contributed by atoms with Gasteiger partial charge in [0.1, 0.15) is 5.82 Å². The van der Waals surface area contributed by atoms with Crippen LogP contribution in [0.1, 0.15) is 16.8 Å². The molecular formula is C15H19FN2O3. The number of carboxylic acids is 1. The number of carbonyl (C=O) groups is 2.